The Morgan fingerprint density at radius 3 is 2.79 bits per heavy atom. The van der Waals surface area contributed by atoms with Gasteiger partial charge in [0.25, 0.3) is 0 Å². The lowest BCUT2D eigenvalue weighted by Crippen LogP contribution is -2.30. The first kappa shape index (κ1) is 16.8. The monoisotopic (exact) mass is 357 g/mol. The third-order valence-electron chi connectivity index (χ3n) is 4.02. The van der Waals surface area contributed by atoms with E-state index in [0.717, 1.165) is 18.7 Å². The Morgan fingerprint density at radius 2 is 2.00 bits per heavy atom. The van der Waals surface area contributed by atoms with E-state index in [2.05, 4.69) is 47.7 Å². The van der Waals surface area contributed by atoms with Gasteiger partial charge in [-0.25, -0.2) is 0 Å². The molecule has 1 heterocycles. The number of rotatable bonds is 4. The molecule has 0 aliphatic rings. The third kappa shape index (κ3) is 3.89. The van der Waals surface area contributed by atoms with Crippen molar-refractivity contribution in [2.75, 3.05) is 11.9 Å². The van der Waals surface area contributed by atoms with Gasteiger partial charge in [0, 0.05) is 33.9 Å². The van der Waals surface area contributed by atoms with E-state index in [9.17, 15) is 0 Å². The Kier molecular flexibility index (Phi) is 5.07. The maximum Gasteiger partial charge on any atom is 0.170 e. The van der Waals surface area contributed by atoms with E-state index in [1.807, 2.05) is 24.3 Å². The van der Waals surface area contributed by atoms with Gasteiger partial charge < -0.3 is 15.6 Å². The van der Waals surface area contributed by atoms with Gasteiger partial charge in [-0.2, -0.15) is 0 Å². The molecule has 0 saturated heterocycles. The minimum atomic E-state index is 0.603. The van der Waals surface area contributed by atoms with Crippen LogP contribution < -0.4 is 10.6 Å². The van der Waals surface area contributed by atoms with Crippen molar-refractivity contribution < 1.29 is 0 Å². The van der Waals surface area contributed by atoms with Crippen molar-refractivity contribution in [1.82, 2.24) is 10.3 Å². The SMILES string of the molecule is Cc1ccc2[nH]c(C)c(CCNC(=S)Nc3cccc(Cl)c3)c2c1. The van der Waals surface area contributed by atoms with Gasteiger partial charge >= 0.3 is 0 Å². The summed E-state index contributed by atoms with van der Waals surface area (Å²) in [4.78, 5) is 3.45. The van der Waals surface area contributed by atoms with Gasteiger partial charge in [-0.1, -0.05) is 29.3 Å². The molecule has 0 amide bonds. The van der Waals surface area contributed by atoms with Crippen LogP contribution >= 0.6 is 23.8 Å². The molecule has 3 rings (SSSR count). The summed E-state index contributed by atoms with van der Waals surface area (Å²) in [6, 6.07) is 14.0. The summed E-state index contributed by atoms with van der Waals surface area (Å²) in [7, 11) is 0. The zero-order valence-electron chi connectivity index (χ0n) is 13.7. The highest BCUT2D eigenvalue weighted by atomic mass is 35.5. The number of aromatic nitrogens is 1. The van der Waals surface area contributed by atoms with Gasteiger partial charge in [-0.3, -0.25) is 0 Å². The van der Waals surface area contributed by atoms with Crippen molar-refractivity contribution >= 4 is 45.5 Å². The minimum Gasteiger partial charge on any atom is -0.362 e. The van der Waals surface area contributed by atoms with Gasteiger partial charge in [0.05, 0.1) is 0 Å². The number of aromatic amines is 1. The van der Waals surface area contributed by atoms with E-state index in [4.69, 9.17) is 23.8 Å². The van der Waals surface area contributed by atoms with E-state index in [0.29, 0.717) is 10.1 Å². The van der Waals surface area contributed by atoms with Crippen molar-refractivity contribution in [3.05, 3.63) is 64.3 Å². The van der Waals surface area contributed by atoms with Crippen LogP contribution in [0.15, 0.2) is 42.5 Å². The van der Waals surface area contributed by atoms with Crippen LogP contribution in [0.2, 0.25) is 5.02 Å². The minimum absolute atomic E-state index is 0.603. The number of nitrogens with one attached hydrogen (secondary N) is 3. The van der Waals surface area contributed by atoms with Gasteiger partial charge in [0.15, 0.2) is 5.11 Å². The molecule has 0 unspecified atom stereocenters. The average Bonchev–Trinajstić information content (AvgIpc) is 2.83. The normalized spacial score (nSPS) is 10.8. The van der Waals surface area contributed by atoms with E-state index >= 15 is 0 Å². The molecule has 0 spiro atoms. The molecular weight excluding hydrogens is 338 g/mol. The lowest BCUT2D eigenvalue weighted by molar-refractivity contribution is 0.871. The largest absolute Gasteiger partial charge is 0.362 e. The third-order valence-corrected chi connectivity index (χ3v) is 4.50. The number of hydrogen-bond donors (Lipinski definition) is 3. The van der Waals surface area contributed by atoms with Crippen LogP contribution in [0, 0.1) is 13.8 Å². The van der Waals surface area contributed by atoms with Crippen LogP contribution in [-0.4, -0.2) is 16.6 Å². The summed E-state index contributed by atoms with van der Waals surface area (Å²) >= 11 is 11.3. The van der Waals surface area contributed by atoms with Crippen LogP contribution in [0.4, 0.5) is 5.69 Å². The van der Waals surface area contributed by atoms with E-state index in [1.165, 1.54) is 27.7 Å². The highest BCUT2D eigenvalue weighted by Gasteiger charge is 2.08. The molecule has 3 aromatic rings. The number of aryl methyl sites for hydroxylation is 2. The Balaban J connectivity index is 1.61. The van der Waals surface area contributed by atoms with Crippen LogP contribution in [0.5, 0.6) is 0 Å². The lowest BCUT2D eigenvalue weighted by Gasteiger charge is -2.11. The number of thiocarbonyl (C=S) groups is 1. The van der Waals surface area contributed by atoms with E-state index < -0.39 is 0 Å². The molecule has 124 valence electrons. The Hall–Kier alpha value is -2.04. The molecule has 3 N–H and O–H groups in total. The molecule has 0 bridgehead atoms. The standard InChI is InChI=1S/C19H20ClN3S/c1-12-6-7-18-17(10-12)16(13(2)22-18)8-9-21-19(24)23-15-5-3-4-14(20)11-15/h3-7,10-11,22H,8-9H2,1-2H3,(H2,21,23,24). The topological polar surface area (TPSA) is 39.9 Å². The van der Waals surface area contributed by atoms with Gasteiger partial charge in [-0.05, 0) is 68.4 Å². The van der Waals surface area contributed by atoms with Gasteiger partial charge in [0.1, 0.15) is 0 Å². The molecule has 1 aromatic heterocycles. The van der Waals surface area contributed by atoms with Gasteiger partial charge in [-0.15, -0.1) is 0 Å². The summed E-state index contributed by atoms with van der Waals surface area (Å²) in [6.45, 7) is 5.01. The van der Waals surface area contributed by atoms with Crippen LogP contribution in [0.1, 0.15) is 16.8 Å². The number of H-pyrrole nitrogens is 1. The predicted molar refractivity (Wildman–Crippen MR) is 107 cm³/mol. The molecule has 0 aliphatic heterocycles. The molecule has 5 heteroatoms. The molecule has 24 heavy (non-hydrogen) atoms. The first-order valence-electron chi connectivity index (χ1n) is 7.91. The molecule has 0 aliphatic carbocycles. The molecule has 2 aromatic carbocycles. The molecule has 0 saturated carbocycles. The predicted octanol–water partition coefficient (Wildman–Crippen LogP) is 4.97. The van der Waals surface area contributed by atoms with Crippen molar-refractivity contribution in [3.63, 3.8) is 0 Å². The summed E-state index contributed by atoms with van der Waals surface area (Å²) in [5.41, 5.74) is 5.90. The van der Waals surface area contributed by atoms with E-state index in [1.54, 1.807) is 0 Å². The quantitative estimate of drug-likeness (QED) is 0.577. The van der Waals surface area contributed by atoms with Crippen molar-refractivity contribution in [2.45, 2.75) is 20.3 Å². The molecule has 0 radical (unpaired) electrons. The maximum atomic E-state index is 5.98. The molecular formula is C19H20ClN3S. The zero-order chi connectivity index (χ0) is 17.1. The average molecular weight is 358 g/mol. The van der Waals surface area contributed by atoms with Crippen molar-refractivity contribution in [1.29, 1.82) is 0 Å². The second kappa shape index (κ2) is 7.24. The Bertz CT molecular complexity index is 885. The molecule has 0 atom stereocenters. The highest BCUT2D eigenvalue weighted by Crippen LogP contribution is 2.23. The summed E-state index contributed by atoms with van der Waals surface area (Å²) in [5.74, 6) is 0. The van der Waals surface area contributed by atoms with Gasteiger partial charge in [0.2, 0.25) is 0 Å². The fraction of sp³-hybridized carbons (Fsp3) is 0.211. The number of hydrogen-bond acceptors (Lipinski definition) is 1. The second-order valence-corrected chi connectivity index (χ2v) is 6.76. The Morgan fingerprint density at radius 1 is 1.17 bits per heavy atom. The first-order chi connectivity index (χ1) is 11.5. The highest BCUT2D eigenvalue weighted by molar-refractivity contribution is 7.80. The molecule has 0 fully saturated rings. The first-order valence-corrected chi connectivity index (χ1v) is 8.70. The number of benzene rings is 2. The van der Waals surface area contributed by atoms with Crippen LogP contribution in [-0.2, 0) is 6.42 Å². The summed E-state index contributed by atoms with van der Waals surface area (Å²) < 4.78 is 0. The summed E-state index contributed by atoms with van der Waals surface area (Å²) in [5, 5.41) is 9.00. The summed E-state index contributed by atoms with van der Waals surface area (Å²) in [6.07, 6.45) is 0.909. The fourth-order valence-electron chi connectivity index (χ4n) is 2.86. The zero-order valence-corrected chi connectivity index (χ0v) is 15.3. The number of anilines is 1. The van der Waals surface area contributed by atoms with Crippen LogP contribution in [0.25, 0.3) is 10.9 Å². The smallest absolute Gasteiger partial charge is 0.170 e. The van der Waals surface area contributed by atoms with Crippen molar-refractivity contribution in [2.24, 2.45) is 0 Å². The second-order valence-electron chi connectivity index (χ2n) is 5.92. The fourth-order valence-corrected chi connectivity index (χ4v) is 3.27. The Labute approximate surface area is 152 Å². The van der Waals surface area contributed by atoms with E-state index in [-0.39, 0.29) is 0 Å². The number of halogens is 1. The lowest BCUT2D eigenvalue weighted by atomic mass is 10.1. The molecule has 3 nitrogen and oxygen atoms in total. The van der Waals surface area contributed by atoms with Crippen molar-refractivity contribution in [3.8, 4) is 0 Å². The maximum absolute atomic E-state index is 5.98. The number of fused-ring (bicyclic) bond motifs is 1. The van der Waals surface area contributed by atoms with Crippen LogP contribution in [0.3, 0.4) is 0 Å².